The fourth-order valence-corrected chi connectivity index (χ4v) is 2.55. The van der Waals surface area contributed by atoms with Gasteiger partial charge in [0.2, 0.25) is 10.0 Å². The maximum atomic E-state index is 13.8. The Morgan fingerprint density at radius 3 is 2.63 bits per heavy atom. The molecule has 0 aromatic heterocycles. The van der Waals surface area contributed by atoms with Crippen LogP contribution < -0.4 is 10.5 Å². The highest BCUT2D eigenvalue weighted by molar-refractivity contribution is 7.89. The van der Waals surface area contributed by atoms with Gasteiger partial charge < -0.3 is 10.5 Å². The number of nitrogens with one attached hydrogen (secondary N) is 1. The highest BCUT2D eigenvalue weighted by Crippen LogP contribution is 2.20. The summed E-state index contributed by atoms with van der Waals surface area (Å²) in [7, 11) is -4.05. The van der Waals surface area contributed by atoms with Crippen molar-refractivity contribution < 1.29 is 21.9 Å². The lowest BCUT2D eigenvalue weighted by Crippen LogP contribution is -2.28. The Bertz CT molecular complexity index is 535. The zero-order valence-corrected chi connectivity index (χ0v) is 11.3. The summed E-state index contributed by atoms with van der Waals surface area (Å²) in [5.74, 6) is -2.03. The summed E-state index contributed by atoms with van der Waals surface area (Å²) >= 11 is 0. The number of hydrogen-bond donors (Lipinski definition) is 2. The summed E-state index contributed by atoms with van der Waals surface area (Å²) in [6.07, 6.45) is 0. The van der Waals surface area contributed by atoms with Gasteiger partial charge in [-0.3, -0.25) is 0 Å². The van der Waals surface area contributed by atoms with Crippen LogP contribution in [0.3, 0.4) is 0 Å². The Morgan fingerprint density at radius 2 is 2.05 bits per heavy atom. The maximum absolute atomic E-state index is 13.8. The number of rotatable bonds is 7. The molecule has 0 bridgehead atoms. The van der Waals surface area contributed by atoms with Crippen molar-refractivity contribution in [2.75, 3.05) is 19.8 Å². The van der Waals surface area contributed by atoms with Crippen molar-refractivity contribution in [2.24, 2.45) is 5.73 Å². The predicted octanol–water partition coefficient (Wildman–Crippen LogP) is 0.738. The molecular weight excluding hydrogens is 278 g/mol. The van der Waals surface area contributed by atoms with Gasteiger partial charge in [0.15, 0.2) is 5.82 Å². The van der Waals surface area contributed by atoms with Crippen LogP contribution in [0.25, 0.3) is 0 Å². The van der Waals surface area contributed by atoms with E-state index in [1.807, 2.05) is 0 Å². The van der Waals surface area contributed by atoms with Crippen molar-refractivity contribution in [1.82, 2.24) is 4.72 Å². The second-order valence-corrected chi connectivity index (χ2v) is 5.37. The maximum Gasteiger partial charge on any atom is 0.243 e. The van der Waals surface area contributed by atoms with Gasteiger partial charge >= 0.3 is 0 Å². The third-order valence-electron chi connectivity index (χ3n) is 2.39. The molecule has 8 heteroatoms. The van der Waals surface area contributed by atoms with E-state index < -0.39 is 38.7 Å². The van der Waals surface area contributed by atoms with Crippen molar-refractivity contribution >= 4 is 10.0 Å². The average molecular weight is 294 g/mol. The van der Waals surface area contributed by atoms with Crippen molar-refractivity contribution in [3.8, 4) is 0 Å². The molecule has 5 nitrogen and oxygen atoms in total. The summed E-state index contributed by atoms with van der Waals surface area (Å²) in [4.78, 5) is -0.620. The number of nitrogens with two attached hydrogens (primary N) is 1. The third-order valence-corrected chi connectivity index (χ3v) is 3.87. The molecule has 19 heavy (non-hydrogen) atoms. The van der Waals surface area contributed by atoms with E-state index in [0.29, 0.717) is 6.61 Å². The molecule has 0 unspecified atom stereocenters. The van der Waals surface area contributed by atoms with Gasteiger partial charge in [0.05, 0.1) is 6.61 Å². The zero-order chi connectivity index (χ0) is 14.5. The van der Waals surface area contributed by atoms with E-state index in [1.54, 1.807) is 6.92 Å². The minimum Gasteiger partial charge on any atom is -0.380 e. The normalized spacial score (nSPS) is 11.8. The van der Waals surface area contributed by atoms with Crippen molar-refractivity contribution in [2.45, 2.75) is 18.4 Å². The van der Waals surface area contributed by atoms with Crippen LogP contribution in [0.1, 0.15) is 12.5 Å². The Morgan fingerprint density at radius 1 is 1.37 bits per heavy atom. The van der Waals surface area contributed by atoms with E-state index >= 15 is 0 Å². The molecule has 1 rings (SSSR count). The van der Waals surface area contributed by atoms with Crippen LogP contribution in [0, 0.1) is 11.6 Å². The highest BCUT2D eigenvalue weighted by atomic mass is 32.2. The van der Waals surface area contributed by atoms with Gasteiger partial charge in [-0.1, -0.05) is 0 Å². The zero-order valence-electron chi connectivity index (χ0n) is 10.4. The molecule has 0 aliphatic heterocycles. The Balaban J connectivity index is 2.96. The summed E-state index contributed by atoms with van der Waals surface area (Å²) in [5, 5.41) is 0. The third kappa shape index (κ3) is 3.93. The predicted molar refractivity (Wildman–Crippen MR) is 65.9 cm³/mol. The number of sulfonamides is 1. The Labute approximate surface area is 110 Å². The van der Waals surface area contributed by atoms with Crippen molar-refractivity contribution in [3.63, 3.8) is 0 Å². The largest absolute Gasteiger partial charge is 0.380 e. The molecule has 0 saturated carbocycles. The lowest BCUT2D eigenvalue weighted by Gasteiger charge is -2.10. The van der Waals surface area contributed by atoms with Gasteiger partial charge in [0, 0.05) is 25.3 Å². The van der Waals surface area contributed by atoms with Gasteiger partial charge in [0.25, 0.3) is 0 Å². The first kappa shape index (κ1) is 16.0. The van der Waals surface area contributed by atoms with E-state index in [2.05, 4.69) is 4.72 Å². The van der Waals surface area contributed by atoms with Crippen LogP contribution in [0.2, 0.25) is 0 Å². The Kier molecular flexibility index (Phi) is 5.80. The van der Waals surface area contributed by atoms with Crippen LogP contribution in [-0.4, -0.2) is 28.2 Å². The SMILES string of the molecule is CCOCCNS(=O)(=O)c1ccc(F)c(CN)c1F. The molecule has 1 aromatic carbocycles. The van der Waals surface area contributed by atoms with Crippen molar-refractivity contribution in [1.29, 1.82) is 0 Å². The van der Waals surface area contributed by atoms with E-state index in [9.17, 15) is 17.2 Å². The molecule has 0 radical (unpaired) electrons. The number of halogens is 2. The first-order chi connectivity index (χ1) is 8.94. The molecule has 0 spiro atoms. The molecule has 0 fully saturated rings. The Hall–Kier alpha value is -1.09. The van der Waals surface area contributed by atoms with E-state index in [1.165, 1.54) is 0 Å². The van der Waals surface area contributed by atoms with Gasteiger partial charge in [-0.05, 0) is 19.1 Å². The highest BCUT2D eigenvalue weighted by Gasteiger charge is 2.22. The molecule has 3 N–H and O–H groups in total. The minimum absolute atomic E-state index is 0.00491. The van der Waals surface area contributed by atoms with E-state index in [-0.39, 0.29) is 13.2 Å². The monoisotopic (exact) mass is 294 g/mol. The molecule has 0 aliphatic carbocycles. The number of benzene rings is 1. The van der Waals surface area contributed by atoms with Gasteiger partial charge in [-0.25, -0.2) is 21.9 Å². The summed E-state index contributed by atoms with van der Waals surface area (Å²) in [5.41, 5.74) is 4.74. The lowest BCUT2D eigenvalue weighted by atomic mass is 10.2. The smallest absolute Gasteiger partial charge is 0.243 e. The summed E-state index contributed by atoms with van der Waals surface area (Å²) in [6, 6.07) is 1.75. The molecule has 0 aliphatic rings. The van der Waals surface area contributed by atoms with Crippen LogP contribution in [0.4, 0.5) is 8.78 Å². The molecular formula is C11H16F2N2O3S. The first-order valence-electron chi connectivity index (χ1n) is 5.68. The first-order valence-corrected chi connectivity index (χ1v) is 7.16. The molecule has 0 saturated heterocycles. The molecule has 0 heterocycles. The topological polar surface area (TPSA) is 81.4 Å². The van der Waals surface area contributed by atoms with Gasteiger partial charge in [-0.15, -0.1) is 0 Å². The van der Waals surface area contributed by atoms with Crippen LogP contribution in [0.5, 0.6) is 0 Å². The van der Waals surface area contributed by atoms with Crippen LogP contribution in [-0.2, 0) is 21.3 Å². The fraction of sp³-hybridized carbons (Fsp3) is 0.455. The fourth-order valence-electron chi connectivity index (χ4n) is 1.44. The summed E-state index contributed by atoms with van der Waals surface area (Å²) < 4.78 is 57.8. The number of ether oxygens (including phenoxy) is 1. The molecule has 108 valence electrons. The minimum atomic E-state index is -4.05. The second-order valence-electron chi connectivity index (χ2n) is 3.64. The van der Waals surface area contributed by atoms with Gasteiger partial charge in [-0.2, -0.15) is 0 Å². The van der Waals surface area contributed by atoms with Crippen LogP contribution in [0.15, 0.2) is 17.0 Å². The molecule has 1 aromatic rings. The quantitative estimate of drug-likeness (QED) is 0.727. The average Bonchev–Trinajstić information content (AvgIpc) is 2.35. The second kappa shape index (κ2) is 6.90. The number of hydrogen-bond acceptors (Lipinski definition) is 4. The molecule has 0 amide bonds. The van der Waals surface area contributed by atoms with E-state index in [0.717, 1.165) is 12.1 Å². The lowest BCUT2D eigenvalue weighted by molar-refractivity contribution is 0.153. The molecule has 0 atom stereocenters. The van der Waals surface area contributed by atoms with Crippen LogP contribution >= 0.6 is 0 Å². The summed E-state index contributed by atoms with van der Waals surface area (Å²) in [6.45, 7) is 1.97. The van der Waals surface area contributed by atoms with Crippen molar-refractivity contribution in [3.05, 3.63) is 29.3 Å². The van der Waals surface area contributed by atoms with Gasteiger partial charge in [0.1, 0.15) is 10.7 Å². The standard InChI is InChI=1S/C11H16F2N2O3S/c1-2-18-6-5-15-19(16,17)10-4-3-9(12)8(7-14)11(10)13/h3-4,15H,2,5-7,14H2,1H3. The van der Waals surface area contributed by atoms with E-state index in [4.69, 9.17) is 10.5 Å².